The number of halogens is 1. The van der Waals surface area contributed by atoms with E-state index in [1.54, 1.807) is 12.1 Å². The van der Waals surface area contributed by atoms with Crippen molar-refractivity contribution in [2.75, 3.05) is 23.0 Å². The summed E-state index contributed by atoms with van der Waals surface area (Å²) < 4.78 is 13.8. The number of carbonyl (C=O) groups excluding carboxylic acids is 1. The van der Waals surface area contributed by atoms with Gasteiger partial charge in [-0.1, -0.05) is 0 Å². The Morgan fingerprint density at radius 3 is 3.00 bits per heavy atom. The molecule has 0 amide bonds. The molecule has 16 heavy (non-hydrogen) atoms. The van der Waals surface area contributed by atoms with Crippen LogP contribution in [0.3, 0.4) is 0 Å². The number of carbonyl (C=O) groups is 1. The van der Waals surface area contributed by atoms with Crippen LogP contribution >= 0.6 is 11.8 Å². The topological polar surface area (TPSA) is 20.3 Å². The van der Waals surface area contributed by atoms with Gasteiger partial charge in [0, 0.05) is 29.7 Å². The molecule has 1 aromatic carbocycles. The standard InChI is InChI=1S/C12H14FNOS/c1-9-8-16-5-4-14(9)12-3-2-10(7-15)6-11(12)13/h2-3,6-7,9H,4-5,8H2,1H3. The molecule has 1 aromatic rings. The second-order valence-electron chi connectivity index (χ2n) is 3.95. The van der Waals surface area contributed by atoms with Crippen molar-refractivity contribution in [3.63, 3.8) is 0 Å². The number of aldehydes is 1. The number of benzene rings is 1. The lowest BCUT2D eigenvalue weighted by atomic mass is 10.1. The van der Waals surface area contributed by atoms with Crippen molar-refractivity contribution in [2.45, 2.75) is 13.0 Å². The number of hydrogen-bond donors (Lipinski definition) is 0. The molecule has 1 fully saturated rings. The van der Waals surface area contributed by atoms with Gasteiger partial charge in [0.2, 0.25) is 0 Å². The number of rotatable bonds is 2. The fraction of sp³-hybridized carbons (Fsp3) is 0.417. The second-order valence-corrected chi connectivity index (χ2v) is 5.10. The fourth-order valence-electron chi connectivity index (χ4n) is 1.91. The predicted molar refractivity (Wildman–Crippen MR) is 65.9 cm³/mol. The van der Waals surface area contributed by atoms with Crippen LogP contribution in [0.15, 0.2) is 18.2 Å². The first-order valence-corrected chi connectivity index (χ1v) is 6.47. The Balaban J connectivity index is 2.28. The summed E-state index contributed by atoms with van der Waals surface area (Å²) in [5.41, 5.74) is 0.999. The van der Waals surface area contributed by atoms with Crippen molar-refractivity contribution < 1.29 is 9.18 Å². The highest BCUT2D eigenvalue weighted by molar-refractivity contribution is 7.99. The van der Waals surface area contributed by atoms with Gasteiger partial charge in [-0.15, -0.1) is 0 Å². The van der Waals surface area contributed by atoms with Crippen molar-refractivity contribution in [1.82, 2.24) is 0 Å². The van der Waals surface area contributed by atoms with E-state index >= 15 is 0 Å². The molecule has 0 radical (unpaired) electrons. The van der Waals surface area contributed by atoms with Gasteiger partial charge in [-0.05, 0) is 25.1 Å². The zero-order valence-corrected chi connectivity index (χ0v) is 9.97. The van der Waals surface area contributed by atoms with E-state index in [2.05, 4.69) is 11.8 Å². The first-order chi connectivity index (χ1) is 7.72. The van der Waals surface area contributed by atoms with Crippen LogP contribution in [0.4, 0.5) is 10.1 Å². The van der Waals surface area contributed by atoms with Crippen LogP contribution in [-0.2, 0) is 0 Å². The van der Waals surface area contributed by atoms with E-state index in [-0.39, 0.29) is 5.82 Å². The molecule has 0 bridgehead atoms. The summed E-state index contributed by atoms with van der Waals surface area (Å²) in [7, 11) is 0. The third-order valence-electron chi connectivity index (χ3n) is 2.78. The second kappa shape index (κ2) is 4.87. The molecule has 1 heterocycles. The average Bonchev–Trinajstić information content (AvgIpc) is 2.30. The van der Waals surface area contributed by atoms with E-state index in [9.17, 15) is 9.18 Å². The summed E-state index contributed by atoms with van der Waals surface area (Å²) in [5, 5.41) is 0. The minimum Gasteiger partial charge on any atom is -0.365 e. The van der Waals surface area contributed by atoms with E-state index in [1.165, 1.54) is 6.07 Å². The van der Waals surface area contributed by atoms with Crippen molar-refractivity contribution >= 4 is 23.7 Å². The van der Waals surface area contributed by atoms with Crippen LogP contribution in [-0.4, -0.2) is 30.4 Å². The summed E-state index contributed by atoms with van der Waals surface area (Å²) in [6, 6.07) is 5.01. The van der Waals surface area contributed by atoms with Gasteiger partial charge in [0.15, 0.2) is 0 Å². The minimum atomic E-state index is -0.302. The number of nitrogens with zero attached hydrogens (tertiary/aromatic N) is 1. The lowest BCUT2D eigenvalue weighted by Gasteiger charge is -2.35. The maximum absolute atomic E-state index is 13.8. The summed E-state index contributed by atoms with van der Waals surface area (Å²) in [6.07, 6.45) is 0.669. The lowest BCUT2D eigenvalue weighted by molar-refractivity contribution is 0.112. The zero-order valence-electron chi connectivity index (χ0n) is 9.15. The highest BCUT2D eigenvalue weighted by Gasteiger charge is 2.21. The van der Waals surface area contributed by atoms with Crippen molar-refractivity contribution in [3.8, 4) is 0 Å². The number of thioether (sulfide) groups is 1. The summed E-state index contributed by atoms with van der Waals surface area (Å²) in [6.45, 7) is 2.96. The summed E-state index contributed by atoms with van der Waals surface area (Å²) in [4.78, 5) is 12.6. The quantitative estimate of drug-likeness (QED) is 0.740. The van der Waals surface area contributed by atoms with E-state index in [0.29, 0.717) is 23.6 Å². The highest BCUT2D eigenvalue weighted by Crippen LogP contribution is 2.26. The molecule has 2 nitrogen and oxygen atoms in total. The van der Waals surface area contributed by atoms with Crippen LogP contribution < -0.4 is 4.90 Å². The molecule has 1 unspecified atom stereocenters. The van der Waals surface area contributed by atoms with Gasteiger partial charge in [-0.25, -0.2) is 4.39 Å². The molecule has 0 aliphatic carbocycles. The first kappa shape index (κ1) is 11.5. The van der Waals surface area contributed by atoms with Gasteiger partial charge in [-0.3, -0.25) is 4.79 Å². The molecule has 0 aromatic heterocycles. The van der Waals surface area contributed by atoms with Gasteiger partial charge < -0.3 is 4.90 Å². The van der Waals surface area contributed by atoms with E-state index < -0.39 is 0 Å². The van der Waals surface area contributed by atoms with Gasteiger partial charge in [0.1, 0.15) is 12.1 Å². The maximum atomic E-state index is 13.8. The van der Waals surface area contributed by atoms with E-state index in [1.807, 2.05) is 11.8 Å². The molecule has 4 heteroatoms. The molecular weight excluding hydrogens is 225 g/mol. The molecule has 0 saturated carbocycles. The monoisotopic (exact) mass is 239 g/mol. The van der Waals surface area contributed by atoms with Crippen molar-refractivity contribution in [3.05, 3.63) is 29.6 Å². The zero-order chi connectivity index (χ0) is 11.5. The first-order valence-electron chi connectivity index (χ1n) is 5.31. The average molecular weight is 239 g/mol. The largest absolute Gasteiger partial charge is 0.365 e. The Morgan fingerprint density at radius 1 is 1.56 bits per heavy atom. The van der Waals surface area contributed by atoms with Crippen molar-refractivity contribution in [1.29, 1.82) is 0 Å². The summed E-state index contributed by atoms with van der Waals surface area (Å²) in [5.74, 6) is 1.75. The Bertz CT molecular complexity index is 397. The van der Waals surface area contributed by atoms with Crippen LogP contribution in [0, 0.1) is 5.82 Å². The molecule has 1 saturated heterocycles. The Kier molecular flexibility index (Phi) is 3.49. The number of hydrogen-bond acceptors (Lipinski definition) is 3. The molecule has 1 atom stereocenters. The maximum Gasteiger partial charge on any atom is 0.150 e. The third kappa shape index (κ3) is 2.21. The SMILES string of the molecule is CC1CSCCN1c1ccc(C=O)cc1F. The molecule has 86 valence electrons. The van der Waals surface area contributed by atoms with Gasteiger partial charge in [0.05, 0.1) is 5.69 Å². The van der Waals surface area contributed by atoms with Crippen LogP contribution in [0.25, 0.3) is 0 Å². The molecule has 0 N–H and O–H groups in total. The van der Waals surface area contributed by atoms with E-state index in [0.717, 1.165) is 18.1 Å². The van der Waals surface area contributed by atoms with Gasteiger partial charge in [-0.2, -0.15) is 11.8 Å². The molecular formula is C12H14FNOS. The third-order valence-corrected chi connectivity index (χ3v) is 3.97. The normalized spacial score (nSPS) is 20.9. The molecule has 0 spiro atoms. The predicted octanol–water partition coefficient (Wildman–Crippen LogP) is 2.58. The van der Waals surface area contributed by atoms with E-state index in [4.69, 9.17) is 0 Å². The molecule has 1 aliphatic rings. The van der Waals surface area contributed by atoms with Crippen LogP contribution in [0.2, 0.25) is 0 Å². The molecule has 1 aliphatic heterocycles. The Labute approximate surface area is 98.8 Å². The van der Waals surface area contributed by atoms with Crippen LogP contribution in [0.1, 0.15) is 17.3 Å². The Morgan fingerprint density at radius 2 is 2.38 bits per heavy atom. The highest BCUT2D eigenvalue weighted by atomic mass is 32.2. The smallest absolute Gasteiger partial charge is 0.150 e. The van der Waals surface area contributed by atoms with Gasteiger partial charge >= 0.3 is 0 Å². The van der Waals surface area contributed by atoms with Gasteiger partial charge in [0.25, 0.3) is 0 Å². The van der Waals surface area contributed by atoms with Crippen molar-refractivity contribution in [2.24, 2.45) is 0 Å². The molecule has 2 rings (SSSR count). The Hall–Kier alpha value is -1.03. The lowest BCUT2D eigenvalue weighted by Crippen LogP contribution is -2.40. The minimum absolute atomic E-state index is 0.302. The number of anilines is 1. The fourth-order valence-corrected chi connectivity index (χ4v) is 2.93. The van der Waals surface area contributed by atoms with Crippen LogP contribution in [0.5, 0.6) is 0 Å². The summed E-state index contributed by atoms with van der Waals surface area (Å²) >= 11 is 1.89.